The van der Waals surface area contributed by atoms with Crippen molar-refractivity contribution in [1.29, 1.82) is 0 Å². The molecule has 2 aromatic rings. The lowest BCUT2D eigenvalue weighted by molar-refractivity contribution is -0.383. The van der Waals surface area contributed by atoms with Gasteiger partial charge in [-0.25, -0.2) is 9.59 Å². The van der Waals surface area contributed by atoms with Gasteiger partial charge < -0.3 is 68.9 Å². The van der Waals surface area contributed by atoms with E-state index in [0.29, 0.717) is 11.1 Å². The van der Waals surface area contributed by atoms with Crippen LogP contribution in [0.3, 0.4) is 0 Å². The molecule has 0 aliphatic carbocycles. The molecule has 2 aromatic carbocycles. The average molecular weight is 707 g/mol. The lowest BCUT2D eigenvalue weighted by Crippen LogP contribution is -2.63. The normalized spacial score (nSPS) is 29.6. The Morgan fingerprint density at radius 2 is 1.46 bits per heavy atom. The third-order valence-corrected chi connectivity index (χ3v) is 7.68. The number of carbonyl (C=O) groups excluding carboxylic acids is 3. The highest BCUT2D eigenvalue weighted by molar-refractivity contribution is 5.88. The summed E-state index contributed by atoms with van der Waals surface area (Å²) in [5.41, 5.74) is 0.959. The number of hydrogen-bond acceptors (Lipinski definition) is 17. The van der Waals surface area contributed by atoms with Crippen LogP contribution in [0, 0.1) is 0 Å². The van der Waals surface area contributed by atoms with E-state index in [9.17, 15) is 50.1 Å². The first-order chi connectivity index (χ1) is 23.8. The van der Waals surface area contributed by atoms with Crippen molar-refractivity contribution in [2.45, 2.75) is 61.7 Å². The van der Waals surface area contributed by atoms with Crippen LogP contribution in [0.4, 0.5) is 0 Å². The van der Waals surface area contributed by atoms with Gasteiger partial charge in [0.25, 0.3) is 0 Å². The standard InChI is InChI=1S/C33H38O17/c1-17(35)45-14-23-27(40)29(42)30(43)32(47-23)50-33(16-34)31(48-26(39)12-6-18-3-8-20(36)9-4-18)28(41)24(49-33)15-46-25(38)11-7-19-5-10-21(37)22(13-19)44-2/h3-13,23-24,27-32,34,36-37,40-43H,14-16H2,1-2H3/t23-,24-,27-,28-,29+,30-,31+,32-,33+/m1/s1. The Bertz CT molecular complexity index is 1540. The highest BCUT2D eigenvalue weighted by Crippen LogP contribution is 2.38. The van der Waals surface area contributed by atoms with E-state index in [1.807, 2.05) is 0 Å². The third kappa shape index (κ3) is 9.34. The Balaban J connectivity index is 1.54. The second-order valence-electron chi connectivity index (χ2n) is 11.2. The fourth-order valence-electron chi connectivity index (χ4n) is 5.04. The number of aliphatic hydroxyl groups excluding tert-OH is 5. The van der Waals surface area contributed by atoms with Crippen molar-refractivity contribution < 1.29 is 83.3 Å². The van der Waals surface area contributed by atoms with Crippen molar-refractivity contribution in [3.63, 3.8) is 0 Å². The molecule has 0 bridgehead atoms. The van der Waals surface area contributed by atoms with Crippen LogP contribution < -0.4 is 4.74 Å². The van der Waals surface area contributed by atoms with Crippen molar-refractivity contribution in [3.05, 3.63) is 65.7 Å². The maximum Gasteiger partial charge on any atom is 0.331 e. The first-order valence-electron chi connectivity index (χ1n) is 15.1. The number of carbonyl (C=O) groups is 3. The molecular formula is C33H38O17. The van der Waals surface area contributed by atoms with Gasteiger partial charge in [-0.15, -0.1) is 0 Å². The zero-order valence-corrected chi connectivity index (χ0v) is 26.8. The van der Waals surface area contributed by atoms with Gasteiger partial charge in [-0.05, 0) is 47.5 Å². The van der Waals surface area contributed by atoms with Gasteiger partial charge in [0.2, 0.25) is 5.79 Å². The number of rotatable bonds is 13. The number of phenols is 2. The number of aliphatic hydroxyl groups is 5. The number of methoxy groups -OCH3 is 1. The average Bonchev–Trinajstić information content (AvgIpc) is 3.35. The van der Waals surface area contributed by atoms with Gasteiger partial charge in [-0.1, -0.05) is 18.2 Å². The van der Waals surface area contributed by atoms with Gasteiger partial charge in [0.15, 0.2) is 23.9 Å². The molecule has 17 heteroatoms. The molecule has 0 unspecified atom stereocenters. The van der Waals surface area contributed by atoms with Crippen LogP contribution in [0.25, 0.3) is 12.2 Å². The van der Waals surface area contributed by atoms with Gasteiger partial charge in [-0.3, -0.25) is 4.79 Å². The molecule has 7 N–H and O–H groups in total. The highest BCUT2D eigenvalue weighted by atomic mass is 16.8. The summed E-state index contributed by atoms with van der Waals surface area (Å²) in [5.74, 6) is -5.19. The predicted molar refractivity (Wildman–Crippen MR) is 167 cm³/mol. The van der Waals surface area contributed by atoms with Gasteiger partial charge in [-0.2, -0.15) is 0 Å². The molecular weight excluding hydrogens is 668 g/mol. The maximum atomic E-state index is 12.9. The van der Waals surface area contributed by atoms with Crippen LogP contribution in [0.5, 0.6) is 17.2 Å². The molecule has 2 aliphatic heterocycles. The summed E-state index contributed by atoms with van der Waals surface area (Å²) < 4.78 is 37.6. The Labute approximate surface area is 285 Å². The fourth-order valence-corrected chi connectivity index (χ4v) is 5.04. The molecule has 2 fully saturated rings. The van der Waals surface area contributed by atoms with Crippen LogP contribution in [0.2, 0.25) is 0 Å². The van der Waals surface area contributed by atoms with E-state index in [0.717, 1.165) is 19.1 Å². The van der Waals surface area contributed by atoms with Gasteiger partial charge in [0, 0.05) is 19.1 Å². The summed E-state index contributed by atoms with van der Waals surface area (Å²) in [5, 5.41) is 72.5. The summed E-state index contributed by atoms with van der Waals surface area (Å²) in [6.45, 7) is -1.31. The Morgan fingerprint density at radius 3 is 2.12 bits per heavy atom. The quantitative estimate of drug-likeness (QED) is 0.0758. The summed E-state index contributed by atoms with van der Waals surface area (Å²) in [7, 11) is 1.35. The summed E-state index contributed by atoms with van der Waals surface area (Å²) in [6, 6.07) is 10.1. The summed E-state index contributed by atoms with van der Waals surface area (Å²) >= 11 is 0. The van der Waals surface area contributed by atoms with Crippen molar-refractivity contribution in [2.75, 3.05) is 26.9 Å². The second kappa shape index (κ2) is 16.9. The zero-order chi connectivity index (χ0) is 36.6. The largest absolute Gasteiger partial charge is 0.508 e. The minimum absolute atomic E-state index is 0.0106. The number of aromatic hydroxyl groups is 2. The molecule has 0 amide bonds. The number of hydrogen-bond donors (Lipinski definition) is 7. The highest BCUT2D eigenvalue weighted by Gasteiger charge is 2.61. The Hall–Kier alpha value is -4.59. The Morgan fingerprint density at radius 1 is 0.820 bits per heavy atom. The van der Waals surface area contributed by atoms with Gasteiger partial charge in [0.05, 0.1) is 7.11 Å². The molecule has 2 aliphatic rings. The molecule has 0 spiro atoms. The van der Waals surface area contributed by atoms with Gasteiger partial charge >= 0.3 is 17.9 Å². The van der Waals surface area contributed by atoms with Crippen LogP contribution >= 0.6 is 0 Å². The minimum Gasteiger partial charge on any atom is -0.508 e. The van der Waals surface area contributed by atoms with E-state index < -0.39 is 92.5 Å². The first-order valence-corrected chi connectivity index (χ1v) is 15.1. The molecule has 272 valence electrons. The molecule has 9 atom stereocenters. The SMILES string of the molecule is COc1cc(C=CC(=O)OC[C@H]2O[C@@](CO)(O[C@H]3O[C@H](COC(C)=O)[C@@H](O)[C@H](O)[C@H]3O)[C@@H](OC(=O)C=Cc3ccc(O)cc3)[C@@H]2O)ccc1O. The second-order valence-corrected chi connectivity index (χ2v) is 11.2. The number of ether oxygens (including phenoxy) is 7. The van der Waals surface area contributed by atoms with E-state index in [1.165, 1.54) is 61.7 Å². The zero-order valence-electron chi connectivity index (χ0n) is 26.8. The fraction of sp³-hybridized carbons (Fsp3) is 0.424. The molecule has 17 nitrogen and oxygen atoms in total. The molecule has 50 heavy (non-hydrogen) atoms. The molecule has 4 rings (SSSR count). The topological polar surface area (TPSA) is 257 Å². The molecule has 0 radical (unpaired) electrons. The van der Waals surface area contributed by atoms with Crippen LogP contribution in [0.15, 0.2) is 54.6 Å². The van der Waals surface area contributed by atoms with E-state index in [1.54, 1.807) is 0 Å². The lowest BCUT2D eigenvalue weighted by atomic mass is 9.99. The van der Waals surface area contributed by atoms with E-state index in [-0.39, 0.29) is 17.2 Å². The van der Waals surface area contributed by atoms with Crippen molar-refractivity contribution in [1.82, 2.24) is 0 Å². The molecule has 0 aromatic heterocycles. The van der Waals surface area contributed by atoms with E-state index in [4.69, 9.17) is 33.2 Å². The van der Waals surface area contributed by atoms with Crippen molar-refractivity contribution in [2.24, 2.45) is 0 Å². The number of phenolic OH excluding ortho intramolecular Hbond substituents is 2. The van der Waals surface area contributed by atoms with E-state index in [2.05, 4.69) is 0 Å². The number of benzene rings is 2. The summed E-state index contributed by atoms with van der Waals surface area (Å²) in [6.07, 6.45) is -9.54. The van der Waals surface area contributed by atoms with E-state index >= 15 is 0 Å². The molecule has 0 saturated carbocycles. The number of esters is 3. The molecule has 2 saturated heterocycles. The van der Waals surface area contributed by atoms with Crippen molar-refractivity contribution >= 4 is 30.1 Å². The predicted octanol–water partition coefficient (Wildman–Crippen LogP) is -0.876. The monoisotopic (exact) mass is 706 g/mol. The minimum atomic E-state index is -2.52. The van der Waals surface area contributed by atoms with Gasteiger partial charge in [0.1, 0.15) is 62.2 Å². The third-order valence-electron chi connectivity index (χ3n) is 7.68. The molecule has 2 heterocycles. The van der Waals surface area contributed by atoms with Crippen LogP contribution in [0.1, 0.15) is 18.1 Å². The van der Waals surface area contributed by atoms with Crippen LogP contribution in [-0.4, -0.2) is 135 Å². The lowest BCUT2D eigenvalue weighted by Gasteiger charge is -2.43. The smallest absolute Gasteiger partial charge is 0.331 e. The van der Waals surface area contributed by atoms with Crippen LogP contribution in [-0.2, 0) is 42.8 Å². The summed E-state index contributed by atoms with van der Waals surface area (Å²) in [4.78, 5) is 36.8. The maximum absolute atomic E-state index is 12.9. The first kappa shape index (κ1) is 38.2. The Kier molecular flexibility index (Phi) is 12.9. The van der Waals surface area contributed by atoms with Crippen molar-refractivity contribution in [3.8, 4) is 17.2 Å².